The molecule has 3 heteroatoms. The van der Waals surface area contributed by atoms with E-state index in [1.54, 1.807) is 0 Å². The summed E-state index contributed by atoms with van der Waals surface area (Å²) in [7, 11) is 4.19. The number of likely N-dealkylation sites (tertiary alicyclic amines) is 1. The third-order valence-electron chi connectivity index (χ3n) is 2.68. The minimum atomic E-state index is 0.0669. The van der Waals surface area contributed by atoms with Crippen LogP contribution in [-0.4, -0.2) is 48.9 Å². The second kappa shape index (κ2) is 4.42. The molecule has 1 aliphatic heterocycles. The molecular formula is C10H18N2O. The fourth-order valence-electron chi connectivity index (χ4n) is 1.73. The van der Waals surface area contributed by atoms with Gasteiger partial charge in [-0.1, -0.05) is 6.58 Å². The van der Waals surface area contributed by atoms with E-state index in [-0.39, 0.29) is 5.91 Å². The molecule has 0 unspecified atom stereocenters. The molecule has 0 aromatic rings. The Bertz CT molecular complexity index is 193. The van der Waals surface area contributed by atoms with Crippen LogP contribution in [-0.2, 0) is 4.79 Å². The van der Waals surface area contributed by atoms with Gasteiger partial charge in [-0.3, -0.25) is 4.79 Å². The Morgan fingerprint density at radius 2 is 2.00 bits per heavy atom. The fourth-order valence-corrected chi connectivity index (χ4v) is 1.73. The minimum Gasteiger partial charge on any atom is -0.339 e. The van der Waals surface area contributed by atoms with Crippen LogP contribution in [0.5, 0.6) is 0 Å². The second-order valence-corrected chi connectivity index (χ2v) is 3.72. The van der Waals surface area contributed by atoms with Crippen LogP contribution in [0.1, 0.15) is 12.8 Å². The molecular weight excluding hydrogens is 164 g/mol. The molecule has 0 N–H and O–H groups in total. The van der Waals surface area contributed by atoms with Crippen LogP contribution in [0.2, 0.25) is 0 Å². The predicted octanol–water partition coefficient (Wildman–Crippen LogP) is 0.725. The lowest BCUT2D eigenvalue weighted by Crippen LogP contribution is -2.43. The van der Waals surface area contributed by atoms with Gasteiger partial charge in [0.25, 0.3) is 0 Å². The molecule has 13 heavy (non-hydrogen) atoms. The van der Waals surface area contributed by atoms with E-state index >= 15 is 0 Å². The number of amides is 1. The molecule has 1 fully saturated rings. The van der Waals surface area contributed by atoms with Gasteiger partial charge in [-0.2, -0.15) is 0 Å². The van der Waals surface area contributed by atoms with Crippen molar-refractivity contribution in [3.63, 3.8) is 0 Å². The number of carbonyl (C=O) groups is 1. The summed E-state index contributed by atoms with van der Waals surface area (Å²) >= 11 is 0. The molecule has 1 amide bonds. The summed E-state index contributed by atoms with van der Waals surface area (Å²) in [6.07, 6.45) is 3.55. The molecule has 0 spiro atoms. The van der Waals surface area contributed by atoms with E-state index in [1.165, 1.54) is 6.08 Å². The van der Waals surface area contributed by atoms with Crippen molar-refractivity contribution in [1.29, 1.82) is 0 Å². The maximum atomic E-state index is 11.2. The Hall–Kier alpha value is -0.830. The highest BCUT2D eigenvalue weighted by Crippen LogP contribution is 2.13. The molecule has 0 aliphatic carbocycles. The average molecular weight is 182 g/mol. The predicted molar refractivity (Wildman–Crippen MR) is 53.5 cm³/mol. The van der Waals surface area contributed by atoms with E-state index in [0.717, 1.165) is 25.9 Å². The third kappa shape index (κ3) is 2.56. The van der Waals surface area contributed by atoms with Crippen LogP contribution in [0.3, 0.4) is 0 Å². The summed E-state index contributed by atoms with van der Waals surface area (Å²) in [6, 6.07) is 0.633. The number of carbonyl (C=O) groups excluding carboxylic acids is 1. The largest absolute Gasteiger partial charge is 0.339 e. The van der Waals surface area contributed by atoms with Crippen LogP contribution < -0.4 is 0 Å². The van der Waals surface area contributed by atoms with Gasteiger partial charge in [0.1, 0.15) is 0 Å². The number of nitrogens with zero attached hydrogens (tertiary/aromatic N) is 2. The molecule has 74 valence electrons. The lowest BCUT2D eigenvalue weighted by molar-refractivity contribution is -0.127. The minimum absolute atomic E-state index is 0.0669. The Morgan fingerprint density at radius 1 is 1.46 bits per heavy atom. The third-order valence-corrected chi connectivity index (χ3v) is 2.68. The first-order chi connectivity index (χ1) is 6.15. The van der Waals surface area contributed by atoms with Crippen molar-refractivity contribution in [2.75, 3.05) is 27.2 Å². The number of piperidine rings is 1. The summed E-state index contributed by atoms with van der Waals surface area (Å²) in [5.41, 5.74) is 0. The summed E-state index contributed by atoms with van der Waals surface area (Å²) in [5, 5.41) is 0. The van der Waals surface area contributed by atoms with Crippen LogP contribution >= 0.6 is 0 Å². The molecule has 1 heterocycles. The van der Waals surface area contributed by atoms with Crippen molar-refractivity contribution < 1.29 is 4.79 Å². The standard InChI is InChI=1S/C10H18N2O/c1-4-10(13)12-7-5-9(6-8-12)11(2)3/h4,9H,1,5-8H2,2-3H3. The SMILES string of the molecule is C=CC(=O)N1CCC(N(C)C)CC1. The van der Waals surface area contributed by atoms with E-state index < -0.39 is 0 Å². The van der Waals surface area contributed by atoms with Crippen molar-refractivity contribution in [2.24, 2.45) is 0 Å². The monoisotopic (exact) mass is 182 g/mol. The van der Waals surface area contributed by atoms with Crippen LogP contribution in [0.25, 0.3) is 0 Å². The number of hydrogen-bond acceptors (Lipinski definition) is 2. The maximum Gasteiger partial charge on any atom is 0.245 e. The summed E-state index contributed by atoms with van der Waals surface area (Å²) in [4.78, 5) is 15.3. The van der Waals surface area contributed by atoms with Gasteiger partial charge in [0.2, 0.25) is 5.91 Å². The van der Waals surface area contributed by atoms with Crippen LogP contribution in [0, 0.1) is 0 Å². The highest BCUT2D eigenvalue weighted by Gasteiger charge is 2.21. The molecule has 1 aliphatic rings. The van der Waals surface area contributed by atoms with Gasteiger partial charge in [-0.05, 0) is 33.0 Å². The average Bonchev–Trinajstić information content (AvgIpc) is 2.17. The summed E-state index contributed by atoms with van der Waals surface area (Å²) in [6.45, 7) is 5.23. The molecule has 0 saturated carbocycles. The first kappa shape index (κ1) is 10.3. The Balaban J connectivity index is 2.38. The molecule has 0 aromatic heterocycles. The molecule has 0 atom stereocenters. The van der Waals surface area contributed by atoms with Crippen molar-refractivity contribution in [1.82, 2.24) is 9.80 Å². The highest BCUT2D eigenvalue weighted by atomic mass is 16.2. The topological polar surface area (TPSA) is 23.6 Å². The van der Waals surface area contributed by atoms with Crippen molar-refractivity contribution in [3.8, 4) is 0 Å². The lowest BCUT2D eigenvalue weighted by atomic mass is 10.0. The number of hydrogen-bond donors (Lipinski definition) is 0. The van der Waals surface area contributed by atoms with E-state index in [2.05, 4.69) is 25.6 Å². The van der Waals surface area contributed by atoms with E-state index in [0.29, 0.717) is 6.04 Å². The zero-order valence-electron chi connectivity index (χ0n) is 8.49. The van der Waals surface area contributed by atoms with Gasteiger partial charge in [0, 0.05) is 19.1 Å². The highest BCUT2D eigenvalue weighted by molar-refractivity contribution is 5.87. The second-order valence-electron chi connectivity index (χ2n) is 3.72. The van der Waals surface area contributed by atoms with Gasteiger partial charge in [-0.25, -0.2) is 0 Å². The Labute approximate surface area is 80.0 Å². The summed E-state index contributed by atoms with van der Waals surface area (Å²) in [5.74, 6) is 0.0669. The molecule has 0 bridgehead atoms. The van der Waals surface area contributed by atoms with E-state index in [9.17, 15) is 4.79 Å². The van der Waals surface area contributed by atoms with Gasteiger partial charge in [-0.15, -0.1) is 0 Å². The first-order valence-corrected chi connectivity index (χ1v) is 4.73. The zero-order chi connectivity index (χ0) is 9.84. The molecule has 1 rings (SSSR count). The van der Waals surface area contributed by atoms with Gasteiger partial charge >= 0.3 is 0 Å². The fraction of sp³-hybridized carbons (Fsp3) is 0.700. The normalized spacial score (nSPS) is 19.2. The quantitative estimate of drug-likeness (QED) is 0.588. The zero-order valence-corrected chi connectivity index (χ0v) is 8.49. The Kier molecular flexibility index (Phi) is 3.48. The molecule has 0 aromatic carbocycles. The van der Waals surface area contributed by atoms with Crippen LogP contribution in [0.15, 0.2) is 12.7 Å². The maximum absolute atomic E-state index is 11.2. The lowest BCUT2D eigenvalue weighted by Gasteiger charge is -2.34. The van der Waals surface area contributed by atoms with Crippen molar-refractivity contribution >= 4 is 5.91 Å². The molecule has 0 radical (unpaired) electrons. The van der Waals surface area contributed by atoms with Crippen LogP contribution in [0.4, 0.5) is 0 Å². The van der Waals surface area contributed by atoms with E-state index in [1.807, 2.05) is 4.90 Å². The van der Waals surface area contributed by atoms with Gasteiger partial charge in [0.05, 0.1) is 0 Å². The summed E-state index contributed by atoms with van der Waals surface area (Å²) < 4.78 is 0. The van der Waals surface area contributed by atoms with Crippen molar-refractivity contribution in [3.05, 3.63) is 12.7 Å². The van der Waals surface area contributed by atoms with E-state index in [4.69, 9.17) is 0 Å². The number of rotatable bonds is 2. The smallest absolute Gasteiger partial charge is 0.245 e. The van der Waals surface area contributed by atoms with Gasteiger partial charge < -0.3 is 9.80 Å². The molecule has 3 nitrogen and oxygen atoms in total. The Morgan fingerprint density at radius 3 is 2.38 bits per heavy atom. The molecule has 1 saturated heterocycles. The first-order valence-electron chi connectivity index (χ1n) is 4.73. The van der Waals surface area contributed by atoms with Gasteiger partial charge in [0.15, 0.2) is 0 Å². The van der Waals surface area contributed by atoms with Crippen molar-refractivity contribution in [2.45, 2.75) is 18.9 Å².